The molecule has 1 heterocycles. The molecule has 72 valence electrons. The van der Waals surface area contributed by atoms with E-state index in [1.807, 2.05) is 0 Å². The average molecular weight is 186 g/mol. The van der Waals surface area contributed by atoms with Gasteiger partial charge in [0.25, 0.3) is 17.6 Å². The number of rotatable bonds is 4. The summed E-state index contributed by atoms with van der Waals surface area (Å²) in [7, 11) is 0. The standard InChI is InChI=1S/C6H10N4O3/c7-2-1-3(11)6-9-5(4(8)12)10-13-6/h3,11H,1-2,7H2,(H2,8,12)/t3-/m0/s1. The Morgan fingerprint density at radius 1 is 1.69 bits per heavy atom. The number of aliphatic hydroxyl groups is 1. The first-order valence-corrected chi connectivity index (χ1v) is 3.66. The van der Waals surface area contributed by atoms with Crippen LogP contribution in [-0.4, -0.2) is 27.7 Å². The molecule has 0 radical (unpaired) electrons. The quantitative estimate of drug-likeness (QED) is 0.527. The molecule has 1 aromatic heterocycles. The lowest BCUT2D eigenvalue weighted by Gasteiger charge is -2.00. The summed E-state index contributed by atoms with van der Waals surface area (Å²) < 4.78 is 4.57. The van der Waals surface area contributed by atoms with Crippen molar-refractivity contribution >= 4 is 5.91 Å². The molecule has 7 heteroatoms. The molecule has 1 rings (SSSR count). The first kappa shape index (κ1) is 9.62. The maximum atomic E-state index is 10.5. The van der Waals surface area contributed by atoms with Gasteiger partial charge in [0, 0.05) is 0 Å². The SMILES string of the molecule is NCC[C@H](O)c1nc(C(N)=O)no1. The van der Waals surface area contributed by atoms with Gasteiger partial charge in [-0.1, -0.05) is 5.16 Å². The fourth-order valence-corrected chi connectivity index (χ4v) is 0.752. The lowest BCUT2D eigenvalue weighted by atomic mass is 10.2. The lowest BCUT2D eigenvalue weighted by Crippen LogP contribution is -2.13. The minimum absolute atomic E-state index is 0.0424. The van der Waals surface area contributed by atoms with E-state index in [-0.39, 0.29) is 18.3 Å². The molecule has 0 aliphatic carbocycles. The fourth-order valence-electron chi connectivity index (χ4n) is 0.752. The predicted molar refractivity (Wildman–Crippen MR) is 41.4 cm³/mol. The Kier molecular flexibility index (Phi) is 2.93. The van der Waals surface area contributed by atoms with Crippen LogP contribution in [-0.2, 0) is 0 Å². The second kappa shape index (κ2) is 3.97. The molecule has 7 nitrogen and oxygen atoms in total. The van der Waals surface area contributed by atoms with Gasteiger partial charge in [0.05, 0.1) is 0 Å². The molecule has 1 aromatic rings. The maximum absolute atomic E-state index is 10.5. The molecule has 0 unspecified atom stereocenters. The molecular formula is C6H10N4O3. The van der Waals surface area contributed by atoms with Crippen LogP contribution < -0.4 is 11.5 Å². The zero-order chi connectivity index (χ0) is 9.84. The molecule has 0 aliphatic heterocycles. The number of amides is 1. The summed E-state index contributed by atoms with van der Waals surface area (Å²) in [6, 6.07) is 0. The Balaban J connectivity index is 2.73. The van der Waals surface area contributed by atoms with Crippen molar-refractivity contribution in [1.82, 2.24) is 10.1 Å². The van der Waals surface area contributed by atoms with Crippen molar-refractivity contribution in [1.29, 1.82) is 0 Å². The number of carbonyl (C=O) groups excluding carboxylic acids is 1. The van der Waals surface area contributed by atoms with Crippen molar-refractivity contribution in [3.8, 4) is 0 Å². The van der Waals surface area contributed by atoms with E-state index in [0.717, 1.165) is 0 Å². The Bertz CT molecular complexity index is 298. The number of primary amides is 1. The molecule has 0 spiro atoms. The van der Waals surface area contributed by atoms with Crippen LogP contribution in [0.2, 0.25) is 0 Å². The molecule has 0 aliphatic rings. The summed E-state index contributed by atoms with van der Waals surface area (Å²) in [5.41, 5.74) is 10.1. The van der Waals surface area contributed by atoms with E-state index in [1.54, 1.807) is 0 Å². The number of aliphatic hydroxyl groups excluding tert-OH is 1. The van der Waals surface area contributed by atoms with Crippen LogP contribution in [0.25, 0.3) is 0 Å². The van der Waals surface area contributed by atoms with Crippen molar-refractivity contribution in [2.24, 2.45) is 11.5 Å². The van der Waals surface area contributed by atoms with E-state index >= 15 is 0 Å². The highest BCUT2D eigenvalue weighted by atomic mass is 16.5. The van der Waals surface area contributed by atoms with Crippen LogP contribution in [0.3, 0.4) is 0 Å². The molecule has 1 amide bonds. The van der Waals surface area contributed by atoms with Crippen LogP contribution in [0.1, 0.15) is 29.0 Å². The summed E-state index contributed by atoms with van der Waals surface area (Å²) >= 11 is 0. The zero-order valence-electron chi connectivity index (χ0n) is 6.80. The number of nitrogens with two attached hydrogens (primary N) is 2. The van der Waals surface area contributed by atoms with Crippen LogP contribution in [0.15, 0.2) is 4.52 Å². The highest BCUT2D eigenvalue weighted by Gasteiger charge is 2.17. The molecule has 1 atom stereocenters. The summed E-state index contributed by atoms with van der Waals surface area (Å²) in [6.07, 6.45) is -0.647. The normalized spacial score (nSPS) is 12.8. The van der Waals surface area contributed by atoms with Crippen molar-refractivity contribution in [3.05, 3.63) is 11.7 Å². The second-order valence-electron chi connectivity index (χ2n) is 2.41. The van der Waals surface area contributed by atoms with E-state index in [2.05, 4.69) is 14.7 Å². The third-order valence-corrected chi connectivity index (χ3v) is 1.39. The Morgan fingerprint density at radius 2 is 2.38 bits per heavy atom. The smallest absolute Gasteiger partial charge is 0.290 e. The highest BCUT2D eigenvalue weighted by Crippen LogP contribution is 2.12. The third kappa shape index (κ3) is 2.23. The Hall–Kier alpha value is -1.47. The molecule has 0 aromatic carbocycles. The summed E-state index contributed by atoms with van der Waals surface area (Å²) in [6.45, 7) is 0.287. The van der Waals surface area contributed by atoms with Gasteiger partial charge in [-0.2, -0.15) is 4.98 Å². The molecule has 5 N–H and O–H groups in total. The second-order valence-corrected chi connectivity index (χ2v) is 2.41. The van der Waals surface area contributed by atoms with Gasteiger partial charge < -0.3 is 21.1 Å². The van der Waals surface area contributed by atoms with Gasteiger partial charge >= 0.3 is 0 Å². The molecule has 0 fully saturated rings. The van der Waals surface area contributed by atoms with Gasteiger partial charge in [-0.05, 0) is 13.0 Å². The predicted octanol–water partition coefficient (Wildman–Crippen LogP) is -1.45. The lowest BCUT2D eigenvalue weighted by molar-refractivity contribution is 0.0987. The Labute approximate surface area is 73.7 Å². The number of carbonyl (C=O) groups is 1. The van der Waals surface area contributed by atoms with Crippen LogP contribution in [0, 0.1) is 0 Å². The fraction of sp³-hybridized carbons (Fsp3) is 0.500. The summed E-state index contributed by atoms with van der Waals surface area (Å²) in [5, 5.41) is 12.5. The zero-order valence-corrected chi connectivity index (χ0v) is 6.80. The van der Waals surface area contributed by atoms with E-state index < -0.39 is 12.0 Å². The minimum atomic E-state index is -0.939. The average Bonchev–Trinajstić information content (AvgIpc) is 2.52. The minimum Gasteiger partial charge on any atom is -0.383 e. The molecule has 0 saturated carbocycles. The van der Waals surface area contributed by atoms with Crippen molar-refractivity contribution in [3.63, 3.8) is 0 Å². The van der Waals surface area contributed by atoms with E-state index in [9.17, 15) is 9.90 Å². The van der Waals surface area contributed by atoms with Crippen LogP contribution in [0.4, 0.5) is 0 Å². The first-order chi connectivity index (χ1) is 6.15. The topological polar surface area (TPSA) is 128 Å². The van der Waals surface area contributed by atoms with Gasteiger partial charge in [0.1, 0.15) is 6.10 Å². The highest BCUT2D eigenvalue weighted by molar-refractivity contribution is 5.88. The van der Waals surface area contributed by atoms with Gasteiger partial charge in [0.15, 0.2) is 0 Å². The largest absolute Gasteiger partial charge is 0.383 e. The van der Waals surface area contributed by atoms with Crippen LogP contribution >= 0.6 is 0 Å². The van der Waals surface area contributed by atoms with Gasteiger partial charge in [-0.25, -0.2) is 0 Å². The van der Waals surface area contributed by atoms with Gasteiger partial charge in [-0.15, -0.1) is 0 Å². The summed E-state index contributed by atoms with van der Waals surface area (Å²) in [5.74, 6) is -1.08. The van der Waals surface area contributed by atoms with Crippen LogP contribution in [0.5, 0.6) is 0 Å². The van der Waals surface area contributed by atoms with Gasteiger partial charge in [0.2, 0.25) is 0 Å². The monoisotopic (exact) mass is 186 g/mol. The van der Waals surface area contributed by atoms with E-state index in [4.69, 9.17) is 11.5 Å². The molecular weight excluding hydrogens is 176 g/mol. The van der Waals surface area contributed by atoms with Crippen molar-refractivity contribution in [2.75, 3.05) is 6.54 Å². The van der Waals surface area contributed by atoms with Crippen molar-refractivity contribution in [2.45, 2.75) is 12.5 Å². The number of hydrogen-bond acceptors (Lipinski definition) is 6. The Morgan fingerprint density at radius 3 is 2.85 bits per heavy atom. The van der Waals surface area contributed by atoms with E-state index in [0.29, 0.717) is 6.42 Å². The molecule has 0 saturated heterocycles. The summed E-state index contributed by atoms with van der Waals surface area (Å²) in [4.78, 5) is 14.1. The number of nitrogens with zero attached hydrogens (tertiary/aromatic N) is 2. The number of aromatic nitrogens is 2. The van der Waals surface area contributed by atoms with E-state index in [1.165, 1.54) is 0 Å². The van der Waals surface area contributed by atoms with Crippen molar-refractivity contribution < 1.29 is 14.4 Å². The number of hydrogen-bond donors (Lipinski definition) is 3. The third-order valence-electron chi connectivity index (χ3n) is 1.39. The first-order valence-electron chi connectivity index (χ1n) is 3.66. The van der Waals surface area contributed by atoms with Gasteiger partial charge in [-0.3, -0.25) is 4.79 Å². The molecule has 13 heavy (non-hydrogen) atoms. The maximum Gasteiger partial charge on any atom is 0.290 e. The molecule has 0 bridgehead atoms.